The van der Waals surface area contributed by atoms with Crippen LogP contribution in [0.25, 0.3) is 0 Å². The Balaban J connectivity index is 2.34. The summed E-state index contributed by atoms with van der Waals surface area (Å²) >= 11 is 0. The number of phenols is 2. The van der Waals surface area contributed by atoms with Crippen LogP contribution in [0.1, 0.15) is 15.9 Å². The van der Waals surface area contributed by atoms with Gasteiger partial charge in [-0.1, -0.05) is 18.2 Å². The summed E-state index contributed by atoms with van der Waals surface area (Å²) < 4.78 is 11.0. The van der Waals surface area contributed by atoms with Crippen molar-refractivity contribution in [3.8, 4) is 11.5 Å². The van der Waals surface area contributed by atoms with Gasteiger partial charge in [0.05, 0.1) is 11.3 Å². The molecule has 0 aliphatic rings. The van der Waals surface area contributed by atoms with E-state index in [0.717, 1.165) is 0 Å². The van der Waals surface area contributed by atoms with Gasteiger partial charge < -0.3 is 20.0 Å². The van der Waals surface area contributed by atoms with Gasteiger partial charge in [0.2, 0.25) is 0 Å². The monoisotopic (exact) mass is 323 g/mol. The van der Waals surface area contributed by atoms with Gasteiger partial charge in [0.15, 0.2) is 5.78 Å². The first kappa shape index (κ1) is 16.0. The zero-order valence-corrected chi connectivity index (χ0v) is 12.2. The van der Waals surface area contributed by atoms with Crippen LogP contribution in [0, 0.1) is 0 Å². The Morgan fingerprint density at radius 1 is 1.09 bits per heavy atom. The highest BCUT2D eigenvalue weighted by Crippen LogP contribution is 2.39. The second-order valence-corrected chi connectivity index (χ2v) is 5.94. The number of nitrogens with one attached hydrogen (secondary N) is 1. The van der Waals surface area contributed by atoms with E-state index in [2.05, 4.69) is 0 Å². The molecule has 0 heterocycles. The molecule has 2 rings (SSSR count). The predicted octanol–water partition coefficient (Wildman–Crippen LogP) is 2.03. The topological polar surface area (TPSA) is 127 Å². The molecule has 7 nitrogen and oxygen atoms in total. The van der Waals surface area contributed by atoms with Crippen molar-refractivity contribution in [2.45, 2.75) is 6.42 Å². The summed E-state index contributed by atoms with van der Waals surface area (Å²) in [5.41, 5.74) is 0.142. The fourth-order valence-electron chi connectivity index (χ4n) is 2.02. The Kier molecular flexibility index (Phi) is 4.51. The number of Topliss-reactive ketones (excluding diaryl/α,β-unsaturated/α-hetero) is 1. The molecule has 2 aromatic rings. The van der Waals surface area contributed by atoms with Gasteiger partial charge in [-0.2, -0.15) is 0 Å². The number of carbonyl (C=O) groups is 1. The SMILES string of the molecule is O=C(Cc1cccc(O)c1)c1c(O)cccc1NP(=O)(O)O. The molecule has 5 N–H and O–H groups in total. The lowest BCUT2D eigenvalue weighted by Gasteiger charge is -2.13. The number of ketones is 1. The molecule has 0 saturated heterocycles. The highest BCUT2D eigenvalue weighted by atomic mass is 31.2. The van der Waals surface area contributed by atoms with Crippen molar-refractivity contribution in [3.63, 3.8) is 0 Å². The lowest BCUT2D eigenvalue weighted by Crippen LogP contribution is -2.08. The van der Waals surface area contributed by atoms with Crippen LogP contribution in [0.15, 0.2) is 42.5 Å². The van der Waals surface area contributed by atoms with E-state index in [1.165, 1.54) is 30.3 Å². The number of hydrogen-bond acceptors (Lipinski definition) is 4. The van der Waals surface area contributed by atoms with E-state index in [9.17, 15) is 19.6 Å². The summed E-state index contributed by atoms with van der Waals surface area (Å²) in [6, 6.07) is 9.93. The molecule has 0 amide bonds. The minimum absolute atomic E-state index is 0.00357. The van der Waals surface area contributed by atoms with Crippen LogP contribution in [0.5, 0.6) is 11.5 Å². The van der Waals surface area contributed by atoms with Crippen LogP contribution in [0.3, 0.4) is 0 Å². The summed E-state index contributed by atoms with van der Waals surface area (Å²) in [6.45, 7) is 0. The van der Waals surface area contributed by atoms with Gasteiger partial charge in [-0.3, -0.25) is 9.88 Å². The Labute approximate surface area is 126 Å². The summed E-state index contributed by atoms with van der Waals surface area (Å²) in [6.07, 6.45) is -0.137. The first-order valence-electron chi connectivity index (χ1n) is 6.23. The number of rotatable bonds is 5. The number of benzene rings is 2. The van der Waals surface area contributed by atoms with E-state index in [-0.39, 0.29) is 29.2 Å². The first-order valence-corrected chi connectivity index (χ1v) is 7.84. The van der Waals surface area contributed by atoms with E-state index in [1.807, 2.05) is 5.09 Å². The highest BCUT2D eigenvalue weighted by Gasteiger charge is 2.21. The molecule has 0 unspecified atom stereocenters. The largest absolute Gasteiger partial charge is 0.508 e. The van der Waals surface area contributed by atoms with E-state index >= 15 is 0 Å². The van der Waals surface area contributed by atoms with Gasteiger partial charge in [-0.15, -0.1) is 0 Å². The first-order chi connectivity index (χ1) is 10.3. The van der Waals surface area contributed by atoms with Crippen molar-refractivity contribution < 1.29 is 29.4 Å². The summed E-state index contributed by atoms with van der Waals surface area (Å²) in [5.74, 6) is -0.931. The van der Waals surface area contributed by atoms with Crippen LogP contribution in [0.2, 0.25) is 0 Å². The number of phenolic OH excluding ortho intramolecular Hbond substituents is 2. The zero-order chi connectivity index (χ0) is 16.3. The quantitative estimate of drug-likeness (QED) is 0.421. The molecule has 0 spiro atoms. The molecule has 8 heteroatoms. The van der Waals surface area contributed by atoms with E-state index < -0.39 is 13.5 Å². The third-order valence-electron chi connectivity index (χ3n) is 2.86. The molecule has 0 radical (unpaired) electrons. The molecule has 0 saturated carbocycles. The Morgan fingerprint density at radius 3 is 2.41 bits per heavy atom. The maximum absolute atomic E-state index is 12.3. The molecule has 22 heavy (non-hydrogen) atoms. The second kappa shape index (κ2) is 6.19. The predicted molar refractivity (Wildman–Crippen MR) is 79.9 cm³/mol. The minimum Gasteiger partial charge on any atom is -0.508 e. The zero-order valence-electron chi connectivity index (χ0n) is 11.3. The van der Waals surface area contributed by atoms with Crippen molar-refractivity contribution in [2.24, 2.45) is 0 Å². The number of aromatic hydroxyl groups is 2. The number of carbonyl (C=O) groups excluding carboxylic acids is 1. The molecule has 0 atom stereocenters. The highest BCUT2D eigenvalue weighted by molar-refractivity contribution is 7.53. The molecule has 0 aliphatic heterocycles. The molecule has 0 aliphatic carbocycles. The van der Waals surface area contributed by atoms with Crippen LogP contribution in [-0.2, 0) is 11.0 Å². The fourth-order valence-corrected chi connectivity index (χ4v) is 2.52. The van der Waals surface area contributed by atoms with Crippen LogP contribution >= 0.6 is 7.75 Å². The summed E-state index contributed by atoms with van der Waals surface area (Å²) in [5, 5.41) is 21.1. The molecular weight excluding hydrogens is 309 g/mol. The Morgan fingerprint density at radius 2 is 1.77 bits per heavy atom. The third kappa shape index (κ3) is 4.08. The van der Waals surface area contributed by atoms with Gasteiger partial charge in [-0.05, 0) is 29.8 Å². The van der Waals surface area contributed by atoms with Crippen LogP contribution in [-0.4, -0.2) is 25.8 Å². The maximum atomic E-state index is 12.3. The summed E-state index contributed by atoms with van der Waals surface area (Å²) in [4.78, 5) is 30.3. The number of anilines is 1. The molecule has 0 aromatic heterocycles. The average molecular weight is 323 g/mol. The van der Waals surface area contributed by atoms with Crippen LogP contribution in [0.4, 0.5) is 5.69 Å². The fraction of sp³-hybridized carbons (Fsp3) is 0.0714. The lowest BCUT2D eigenvalue weighted by atomic mass is 10.0. The second-order valence-electron chi connectivity index (χ2n) is 4.63. The van der Waals surface area contributed by atoms with Gasteiger partial charge in [-0.25, -0.2) is 4.57 Å². The number of hydrogen-bond donors (Lipinski definition) is 5. The minimum atomic E-state index is -4.62. The van der Waals surface area contributed by atoms with E-state index in [4.69, 9.17) is 9.79 Å². The Bertz CT molecular complexity index is 755. The van der Waals surface area contributed by atoms with Crippen molar-refractivity contribution in [2.75, 3.05) is 5.09 Å². The lowest BCUT2D eigenvalue weighted by molar-refractivity contribution is 0.0991. The third-order valence-corrected chi connectivity index (χ3v) is 3.39. The summed E-state index contributed by atoms with van der Waals surface area (Å²) in [7, 11) is -4.62. The molecule has 0 bridgehead atoms. The average Bonchev–Trinajstić information content (AvgIpc) is 2.36. The Hall–Kier alpha value is -2.34. The van der Waals surface area contributed by atoms with Gasteiger partial charge in [0.25, 0.3) is 0 Å². The van der Waals surface area contributed by atoms with Crippen molar-refractivity contribution >= 4 is 19.2 Å². The molecule has 116 valence electrons. The van der Waals surface area contributed by atoms with Crippen molar-refractivity contribution in [1.29, 1.82) is 0 Å². The van der Waals surface area contributed by atoms with Crippen LogP contribution < -0.4 is 5.09 Å². The normalized spacial score (nSPS) is 11.2. The van der Waals surface area contributed by atoms with Crippen molar-refractivity contribution in [3.05, 3.63) is 53.6 Å². The molecule has 0 fully saturated rings. The molecular formula is C14H14NO6P. The smallest absolute Gasteiger partial charge is 0.427 e. The standard InChI is InChI=1S/C14H14NO6P/c16-10-4-1-3-9(7-10)8-13(18)14-11(15-22(19,20)21)5-2-6-12(14)17/h1-7,16-17H,8H2,(H3,15,19,20,21). The maximum Gasteiger partial charge on any atom is 0.427 e. The van der Waals surface area contributed by atoms with Gasteiger partial charge >= 0.3 is 7.75 Å². The van der Waals surface area contributed by atoms with E-state index in [0.29, 0.717) is 5.56 Å². The van der Waals surface area contributed by atoms with Crippen molar-refractivity contribution in [1.82, 2.24) is 0 Å². The van der Waals surface area contributed by atoms with E-state index in [1.54, 1.807) is 12.1 Å². The van der Waals surface area contributed by atoms with Gasteiger partial charge in [0.1, 0.15) is 11.5 Å². The molecule has 2 aromatic carbocycles. The van der Waals surface area contributed by atoms with Gasteiger partial charge in [0, 0.05) is 6.42 Å².